The van der Waals surface area contributed by atoms with Gasteiger partial charge >= 0.3 is 6.09 Å². The van der Waals surface area contributed by atoms with Crippen LogP contribution in [0.2, 0.25) is 0 Å². The summed E-state index contributed by atoms with van der Waals surface area (Å²) in [7, 11) is 0. The Hall–Kier alpha value is -3.51. The molecule has 1 aromatic heterocycles. The van der Waals surface area contributed by atoms with Gasteiger partial charge in [0.15, 0.2) is 18.2 Å². The smallest absolute Gasteiger partial charge is 0.415 e. The first kappa shape index (κ1) is 25.2. The summed E-state index contributed by atoms with van der Waals surface area (Å²) in [4.78, 5) is 33.7. The fraction of sp³-hybridized carbons (Fsp3) is 0.520. The van der Waals surface area contributed by atoms with Gasteiger partial charge in [0.1, 0.15) is 24.3 Å². The molecular formula is C25H31FN6O5. The van der Waals surface area contributed by atoms with Crippen LogP contribution in [0.15, 0.2) is 18.3 Å². The summed E-state index contributed by atoms with van der Waals surface area (Å²) >= 11 is 0. The molecule has 5 rings (SSSR count). The maximum Gasteiger partial charge on any atom is 0.415 e. The summed E-state index contributed by atoms with van der Waals surface area (Å²) in [5.41, 5.74) is 7.20. The van der Waals surface area contributed by atoms with Crippen molar-refractivity contribution in [3.05, 3.63) is 35.3 Å². The van der Waals surface area contributed by atoms with E-state index in [1.165, 1.54) is 17.2 Å². The summed E-state index contributed by atoms with van der Waals surface area (Å²) in [6.07, 6.45) is 2.64. The van der Waals surface area contributed by atoms with Gasteiger partial charge in [-0.05, 0) is 69.3 Å². The number of hydrogen-bond acceptors (Lipinski definition) is 9. The molecule has 3 heterocycles. The number of anilines is 2. The highest BCUT2D eigenvalue weighted by Crippen LogP contribution is 2.32. The highest BCUT2D eigenvalue weighted by Gasteiger charge is 2.34. The standard InChI is InChI=1S/C25H31FN6O5/c1-25(2,27)13-36-17-7-15-5-14(6-18(15)19(26)8-17)9-28-4-3-16-11-32(24(34)37-16)20-10-29-23-22(30-20)31-21(33)12-35-23/h7-8,10,14,16,28H,3-6,9,11-13,27H2,1-2H3,(H,30,31,33)/t14?,16-/m0/s1. The lowest BCUT2D eigenvalue weighted by Gasteiger charge is -2.19. The van der Waals surface area contributed by atoms with Crippen molar-refractivity contribution >= 4 is 23.6 Å². The van der Waals surface area contributed by atoms with Gasteiger partial charge in [-0.1, -0.05) is 0 Å². The number of fused-ring (bicyclic) bond motifs is 2. The zero-order chi connectivity index (χ0) is 26.2. The van der Waals surface area contributed by atoms with Gasteiger partial charge in [-0.3, -0.25) is 9.69 Å². The second-order valence-corrected chi connectivity index (χ2v) is 10.4. The Balaban J connectivity index is 1.08. The van der Waals surface area contributed by atoms with Gasteiger partial charge in [-0.15, -0.1) is 0 Å². The van der Waals surface area contributed by atoms with Crippen LogP contribution >= 0.6 is 0 Å². The second kappa shape index (κ2) is 10.1. The minimum Gasteiger partial charge on any atom is -0.492 e. The Morgan fingerprint density at radius 2 is 2.16 bits per heavy atom. The third-order valence-electron chi connectivity index (χ3n) is 6.42. The summed E-state index contributed by atoms with van der Waals surface area (Å²) in [6, 6.07) is 3.35. The van der Waals surface area contributed by atoms with Crippen LogP contribution in [-0.4, -0.2) is 66.5 Å². The lowest BCUT2D eigenvalue weighted by atomic mass is 10.1. The van der Waals surface area contributed by atoms with Gasteiger partial charge in [0.2, 0.25) is 0 Å². The topological polar surface area (TPSA) is 141 Å². The Morgan fingerprint density at radius 1 is 1.32 bits per heavy atom. The van der Waals surface area contributed by atoms with Crippen molar-refractivity contribution in [3.8, 4) is 11.6 Å². The van der Waals surface area contributed by atoms with Crippen LogP contribution in [0.1, 0.15) is 31.4 Å². The summed E-state index contributed by atoms with van der Waals surface area (Å²) in [5, 5.41) is 5.99. The van der Waals surface area contributed by atoms with Crippen LogP contribution in [0.25, 0.3) is 0 Å². The first-order chi connectivity index (χ1) is 17.6. The number of halogens is 1. The predicted octanol–water partition coefficient (Wildman–Crippen LogP) is 1.78. The number of nitrogens with one attached hydrogen (secondary N) is 2. The van der Waals surface area contributed by atoms with Crippen LogP contribution in [0.5, 0.6) is 11.6 Å². The van der Waals surface area contributed by atoms with E-state index in [0.717, 1.165) is 24.1 Å². The van der Waals surface area contributed by atoms with E-state index in [1.54, 1.807) is 0 Å². The van der Waals surface area contributed by atoms with Crippen molar-refractivity contribution in [2.24, 2.45) is 11.7 Å². The molecule has 2 amide bonds. The Kier molecular flexibility index (Phi) is 6.86. The second-order valence-electron chi connectivity index (χ2n) is 10.4. The summed E-state index contributed by atoms with van der Waals surface area (Å²) < 4.78 is 31.0. The fourth-order valence-electron chi connectivity index (χ4n) is 4.66. The zero-order valence-corrected chi connectivity index (χ0v) is 20.9. The number of nitrogens with zero attached hydrogens (tertiary/aromatic N) is 3. The number of benzene rings is 1. The number of carbonyl (C=O) groups is 2. The zero-order valence-electron chi connectivity index (χ0n) is 20.9. The monoisotopic (exact) mass is 514 g/mol. The van der Waals surface area contributed by atoms with Crippen LogP contribution < -0.4 is 30.7 Å². The van der Waals surface area contributed by atoms with Crippen LogP contribution in [0.4, 0.5) is 20.8 Å². The van der Waals surface area contributed by atoms with Crippen LogP contribution in [-0.2, 0) is 22.4 Å². The molecule has 12 heteroatoms. The van der Waals surface area contributed by atoms with E-state index in [-0.39, 0.29) is 47.9 Å². The SMILES string of the molecule is CC(C)(N)COc1cc(F)c2c(c1)CC(CNCC[C@H]1CN(c3cnc4c(n3)NC(=O)CO4)C(=O)O1)C2. The maximum absolute atomic E-state index is 14.6. The molecule has 11 nitrogen and oxygen atoms in total. The van der Waals surface area contributed by atoms with Crippen molar-refractivity contribution in [2.75, 3.05) is 43.1 Å². The Labute approximate surface area is 213 Å². The lowest BCUT2D eigenvalue weighted by Crippen LogP contribution is -2.38. The van der Waals surface area contributed by atoms with Gasteiger partial charge in [0.25, 0.3) is 11.8 Å². The van der Waals surface area contributed by atoms with E-state index in [0.29, 0.717) is 38.3 Å². The fourth-order valence-corrected chi connectivity index (χ4v) is 4.66. The van der Waals surface area contributed by atoms with Gasteiger partial charge in [0, 0.05) is 11.6 Å². The number of ether oxygens (including phenoxy) is 3. The Morgan fingerprint density at radius 3 is 2.97 bits per heavy atom. The molecule has 1 fully saturated rings. The number of nitrogens with two attached hydrogens (primary N) is 1. The third-order valence-corrected chi connectivity index (χ3v) is 6.42. The van der Waals surface area contributed by atoms with E-state index >= 15 is 0 Å². The number of aromatic nitrogens is 2. The van der Waals surface area contributed by atoms with Crippen molar-refractivity contribution < 1.29 is 28.2 Å². The molecule has 2 atom stereocenters. The summed E-state index contributed by atoms with van der Waals surface area (Å²) in [5.74, 6) is 0.903. The first-order valence-corrected chi connectivity index (χ1v) is 12.4. The Bertz CT molecular complexity index is 1200. The molecule has 3 aliphatic rings. The number of rotatable bonds is 9. The average Bonchev–Trinajstić information content (AvgIpc) is 3.43. The van der Waals surface area contributed by atoms with Crippen molar-refractivity contribution in [1.82, 2.24) is 15.3 Å². The van der Waals surface area contributed by atoms with Gasteiger partial charge in [-0.25, -0.2) is 19.2 Å². The minimum atomic E-state index is -0.514. The lowest BCUT2D eigenvalue weighted by molar-refractivity contribution is -0.118. The minimum absolute atomic E-state index is 0.119. The maximum atomic E-state index is 14.6. The number of carbonyl (C=O) groups excluding carboxylic acids is 2. The number of amides is 2. The third kappa shape index (κ3) is 5.91. The first-order valence-electron chi connectivity index (χ1n) is 12.4. The van der Waals surface area contributed by atoms with Gasteiger partial charge in [0.05, 0.1) is 12.7 Å². The van der Waals surface area contributed by atoms with E-state index in [1.807, 2.05) is 19.9 Å². The molecule has 2 aliphatic heterocycles. The molecule has 0 spiro atoms. The van der Waals surface area contributed by atoms with Crippen LogP contribution in [0.3, 0.4) is 0 Å². The highest BCUT2D eigenvalue weighted by atomic mass is 19.1. The van der Waals surface area contributed by atoms with Gasteiger partial charge < -0.3 is 30.6 Å². The molecule has 1 unspecified atom stereocenters. The molecule has 1 aromatic carbocycles. The molecule has 2 aromatic rings. The van der Waals surface area contributed by atoms with Gasteiger partial charge in [-0.2, -0.15) is 0 Å². The largest absolute Gasteiger partial charge is 0.492 e. The molecular weight excluding hydrogens is 483 g/mol. The molecule has 0 bridgehead atoms. The van der Waals surface area contributed by atoms with E-state index in [2.05, 4.69) is 20.6 Å². The van der Waals surface area contributed by atoms with Crippen LogP contribution in [0, 0.1) is 11.7 Å². The van der Waals surface area contributed by atoms with E-state index < -0.39 is 11.6 Å². The molecule has 1 saturated heterocycles. The van der Waals surface area contributed by atoms with Crippen molar-refractivity contribution in [3.63, 3.8) is 0 Å². The molecule has 37 heavy (non-hydrogen) atoms. The quantitative estimate of drug-likeness (QED) is 0.427. The summed E-state index contributed by atoms with van der Waals surface area (Å²) in [6.45, 7) is 5.60. The molecule has 198 valence electrons. The van der Waals surface area contributed by atoms with Crippen molar-refractivity contribution in [2.45, 2.75) is 44.8 Å². The molecule has 4 N–H and O–H groups in total. The van der Waals surface area contributed by atoms with Crippen molar-refractivity contribution in [1.29, 1.82) is 0 Å². The normalized spacial score (nSPS) is 20.7. The van der Waals surface area contributed by atoms with E-state index in [4.69, 9.17) is 19.9 Å². The molecule has 1 aliphatic carbocycles. The number of hydrogen-bond donors (Lipinski definition) is 3. The molecule has 0 saturated carbocycles. The average molecular weight is 515 g/mol. The predicted molar refractivity (Wildman–Crippen MR) is 132 cm³/mol. The van der Waals surface area contributed by atoms with E-state index in [9.17, 15) is 14.0 Å². The highest BCUT2D eigenvalue weighted by molar-refractivity contribution is 5.94. The number of cyclic esters (lactones) is 1. The molecule has 0 radical (unpaired) electrons.